The Labute approximate surface area is 110 Å². The molecule has 0 aliphatic rings. The molecule has 94 valence electrons. The molecule has 1 atom stereocenters. The Morgan fingerprint density at radius 3 is 2.94 bits per heavy atom. The van der Waals surface area contributed by atoms with E-state index in [9.17, 15) is 4.79 Å². The Hall–Kier alpha value is -1.07. The van der Waals surface area contributed by atoms with Crippen LogP contribution in [-0.4, -0.2) is 26.2 Å². The topological polar surface area (TPSA) is 64.3 Å². The highest BCUT2D eigenvalue weighted by atomic mass is 79.9. The normalized spacial score (nSPS) is 12.2. The number of methoxy groups -OCH3 is 1. The lowest BCUT2D eigenvalue weighted by atomic mass is 10.1. The van der Waals surface area contributed by atoms with Gasteiger partial charge in [0.05, 0.1) is 12.2 Å². The minimum absolute atomic E-state index is 0.132. The van der Waals surface area contributed by atoms with Gasteiger partial charge in [0.15, 0.2) is 0 Å². The van der Waals surface area contributed by atoms with Crippen LogP contribution in [0.2, 0.25) is 0 Å². The number of benzene rings is 1. The zero-order valence-electron chi connectivity index (χ0n) is 10.00. The number of ether oxygens (including phenoxy) is 1. The molecule has 0 saturated carbocycles. The predicted octanol–water partition coefficient (Wildman–Crippen LogP) is 2.04. The molecule has 5 heteroatoms. The Kier molecular flexibility index (Phi) is 5.44. The molecular weight excluding hydrogens is 284 g/mol. The van der Waals surface area contributed by atoms with Gasteiger partial charge in [-0.3, -0.25) is 4.79 Å². The molecule has 17 heavy (non-hydrogen) atoms. The van der Waals surface area contributed by atoms with E-state index in [0.717, 1.165) is 4.47 Å². The van der Waals surface area contributed by atoms with Gasteiger partial charge in [-0.05, 0) is 40.0 Å². The van der Waals surface area contributed by atoms with Gasteiger partial charge in [-0.2, -0.15) is 0 Å². The maximum absolute atomic E-state index is 11.9. The van der Waals surface area contributed by atoms with E-state index in [0.29, 0.717) is 24.4 Å². The smallest absolute Gasteiger partial charge is 0.252 e. The molecule has 0 saturated heterocycles. The first-order valence-corrected chi connectivity index (χ1v) is 6.16. The first-order valence-electron chi connectivity index (χ1n) is 5.36. The molecule has 0 spiro atoms. The lowest BCUT2D eigenvalue weighted by Crippen LogP contribution is -2.30. The first-order chi connectivity index (χ1) is 8.04. The van der Waals surface area contributed by atoms with E-state index >= 15 is 0 Å². The van der Waals surface area contributed by atoms with Crippen LogP contribution in [0.3, 0.4) is 0 Å². The van der Waals surface area contributed by atoms with Crippen LogP contribution in [0, 0.1) is 5.92 Å². The predicted molar refractivity (Wildman–Crippen MR) is 71.9 cm³/mol. The van der Waals surface area contributed by atoms with Crippen LogP contribution in [-0.2, 0) is 4.74 Å². The Balaban J connectivity index is 2.61. The second-order valence-corrected chi connectivity index (χ2v) is 4.86. The van der Waals surface area contributed by atoms with E-state index in [1.807, 2.05) is 6.92 Å². The highest BCUT2D eigenvalue weighted by molar-refractivity contribution is 9.10. The summed E-state index contributed by atoms with van der Waals surface area (Å²) in [5.41, 5.74) is 6.77. The van der Waals surface area contributed by atoms with Gasteiger partial charge in [0, 0.05) is 23.8 Å². The second-order valence-electron chi connectivity index (χ2n) is 4.01. The van der Waals surface area contributed by atoms with Gasteiger partial charge < -0.3 is 15.8 Å². The van der Waals surface area contributed by atoms with Crippen LogP contribution in [0.4, 0.5) is 5.69 Å². The number of nitrogens with one attached hydrogen (secondary N) is 1. The molecule has 0 heterocycles. The quantitative estimate of drug-likeness (QED) is 0.818. The fourth-order valence-corrected chi connectivity index (χ4v) is 1.85. The van der Waals surface area contributed by atoms with Crippen LogP contribution in [0.1, 0.15) is 17.3 Å². The number of rotatable bonds is 5. The first kappa shape index (κ1) is 14.0. The molecule has 0 fully saturated rings. The van der Waals surface area contributed by atoms with E-state index in [1.165, 1.54) is 0 Å². The average Bonchev–Trinajstić information content (AvgIpc) is 2.29. The van der Waals surface area contributed by atoms with Crippen molar-refractivity contribution in [1.29, 1.82) is 0 Å². The third-order valence-electron chi connectivity index (χ3n) is 2.30. The average molecular weight is 301 g/mol. The van der Waals surface area contributed by atoms with E-state index < -0.39 is 0 Å². The zero-order valence-corrected chi connectivity index (χ0v) is 11.6. The molecule has 0 aliphatic heterocycles. The highest BCUT2D eigenvalue weighted by Crippen LogP contribution is 2.19. The van der Waals surface area contributed by atoms with Gasteiger partial charge in [0.25, 0.3) is 5.91 Å². The summed E-state index contributed by atoms with van der Waals surface area (Å²) in [7, 11) is 1.65. The van der Waals surface area contributed by atoms with Crippen LogP contribution >= 0.6 is 15.9 Å². The third kappa shape index (κ3) is 4.36. The van der Waals surface area contributed by atoms with Crippen molar-refractivity contribution in [2.45, 2.75) is 6.92 Å². The van der Waals surface area contributed by atoms with Crippen molar-refractivity contribution in [3.8, 4) is 0 Å². The number of nitrogens with two attached hydrogens (primary N) is 1. The SMILES string of the molecule is COCC(C)CNC(=O)c1cc(N)ccc1Br. The maximum Gasteiger partial charge on any atom is 0.252 e. The minimum atomic E-state index is -0.132. The number of amides is 1. The van der Waals surface area contributed by atoms with Crippen LogP contribution < -0.4 is 11.1 Å². The van der Waals surface area contributed by atoms with Gasteiger partial charge in [-0.25, -0.2) is 0 Å². The summed E-state index contributed by atoms with van der Waals surface area (Å²) in [6, 6.07) is 5.16. The number of nitrogen functional groups attached to an aromatic ring is 1. The largest absolute Gasteiger partial charge is 0.399 e. The fraction of sp³-hybridized carbons (Fsp3) is 0.417. The Morgan fingerprint density at radius 2 is 2.29 bits per heavy atom. The van der Waals surface area contributed by atoms with E-state index in [-0.39, 0.29) is 11.8 Å². The summed E-state index contributed by atoms with van der Waals surface area (Å²) in [6.07, 6.45) is 0. The Morgan fingerprint density at radius 1 is 1.59 bits per heavy atom. The Bertz CT molecular complexity index is 396. The number of carbonyl (C=O) groups is 1. The lowest BCUT2D eigenvalue weighted by Gasteiger charge is -2.12. The van der Waals surface area contributed by atoms with Crippen molar-refractivity contribution in [3.05, 3.63) is 28.2 Å². The number of hydrogen-bond acceptors (Lipinski definition) is 3. The summed E-state index contributed by atoms with van der Waals surface area (Å²) in [6.45, 7) is 3.21. The maximum atomic E-state index is 11.9. The second kappa shape index (κ2) is 6.61. The van der Waals surface area contributed by atoms with Crippen molar-refractivity contribution in [2.75, 3.05) is 26.0 Å². The van der Waals surface area contributed by atoms with E-state index in [1.54, 1.807) is 25.3 Å². The molecule has 0 aromatic heterocycles. The minimum Gasteiger partial charge on any atom is -0.399 e. The summed E-state index contributed by atoms with van der Waals surface area (Å²) in [4.78, 5) is 11.9. The van der Waals surface area contributed by atoms with Crippen LogP contribution in [0.15, 0.2) is 22.7 Å². The van der Waals surface area contributed by atoms with Crippen LogP contribution in [0.25, 0.3) is 0 Å². The van der Waals surface area contributed by atoms with Crippen LogP contribution in [0.5, 0.6) is 0 Å². The third-order valence-corrected chi connectivity index (χ3v) is 2.99. The van der Waals surface area contributed by atoms with Gasteiger partial charge in [0.2, 0.25) is 0 Å². The summed E-state index contributed by atoms with van der Waals surface area (Å²) < 4.78 is 5.74. The molecule has 0 aliphatic carbocycles. The van der Waals surface area contributed by atoms with Crippen molar-refractivity contribution >= 4 is 27.5 Å². The summed E-state index contributed by atoms with van der Waals surface area (Å²) >= 11 is 3.33. The van der Waals surface area contributed by atoms with Crippen molar-refractivity contribution in [1.82, 2.24) is 5.32 Å². The molecule has 1 amide bonds. The van der Waals surface area contributed by atoms with Gasteiger partial charge in [-0.1, -0.05) is 6.92 Å². The van der Waals surface area contributed by atoms with Crippen molar-refractivity contribution < 1.29 is 9.53 Å². The number of hydrogen-bond donors (Lipinski definition) is 2. The van der Waals surface area contributed by atoms with E-state index in [4.69, 9.17) is 10.5 Å². The molecule has 1 unspecified atom stereocenters. The lowest BCUT2D eigenvalue weighted by molar-refractivity contribution is 0.0933. The fourth-order valence-electron chi connectivity index (χ4n) is 1.42. The molecule has 4 nitrogen and oxygen atoms in total. The standard InChI is InChI=1S/C12H17BrN2O2/c1-8(7-17-2)6-15-12(16)10-5-9(14)3-4-11(10)13/h3-5,8H,6-7,14H2,1-2H3,(H,15,16). The summed E-state index contributed by atoms with van der Waals surface area (Å²) in [5.74, 6) is 0.149. The zero-order chi connectivity index (χ0) is 12.8. The number of halogens is 1. The van der Waals surface area contributed by atoms with E-state index in [2.05, 4.69) is 21.2 Å². The molecule has 1 rings (SSSR count). The molecule has 1 aromatic rings. The monoisotopic (exact) mass is 300 g/mol. The molecule has 0 bridgehead atoms. The molecule has 0 radical (unpaired) electrons. The molecule has 3 N–H and O–H groups in total. The van der Waals surface area contributed by atoms with Crippen molar-refractivity contribution in [2.24, 2.45) is 5.92 Å². The summed E-state index contributed by atoms with van der Waals surface area (Å²) in [5, 5.41) is 2.85. The number of anilines is 1. The van der Waals surface area contributed by atoms with Gasteiger partial charge >= 0.3 is 0 Å². The van der Waals surface area contributed by atoms with Gasteiger partial charge in [0.1, 0.15) is 0 Å². The number of carbonyl (C=O) groups excluding carboxylic acids is 1. The molecule has 1 aromatic carbocycles. The highest BCUT2D eigenvalue weighted by Gasteiger charge is 2.11. The molecular formula is C12H17BrN2O2. The van der Waals surface area contributed by atoms with Gasteiger partial charge in [-0.15, -0.1) is 0 Å². The van der Waals surface area contributed by atoms with Crippen molar-refractivity contribution in [3.63, 3.8) is 0 Å².